The van der Waals surface area contributed by atoms with Crippen LogP contribution in [0.3, 0.4) is 0 Å². The average molecular weight is 168 g/mol. The predicted octanol–water partition coefficient (Wildman–Crippen LogP) is 3.46. The molecular formula is C9H10ClN. The van der Waals surface area contributed by atoms with Gasteiger partial charge in [-0.25, -0.2) is 0 Å². The van der Waals surface area contributed by atoms with Gasteiger partial charge in [0, 0.05) is 10.9 Å². The fourth-order valence-corrected chi connectivity index (χ4v) is 1.26. The summed E-state index contributed by atoms with van der Waals surface area (Å²) >= 11 is 5.73. The zero-order valence-corrected chi connectivity index (χ0v) is 6.02. The molecule has 0 aliphatic rings. The lowest BCUT2D eigenvalue weighted by Gasteiger charge is -1.83. The molecule has 2 heteroatoms. The van der Waals surface area contributed by atoms with Gasteiger partial charge in [-0.05, 0) is 12.1 Å². The molecule has 1 heterocycles. The molecule has 1 N–H and O–H groups in total. The third-order valence-corrected chi connectivity index (χ3v) is 1.70. The molecular weight excluding hydrogens is 158 g/mol. The molecule has 0 saturated carbocycles. The van der Waals surface area contributed by atoms with Gasteiger partial charge in [-0.15, -0.1) is 0 Å². The van der Waals surface area contributed by atoms with Gasteiger partial charge < -0.3 is 4.98 Å². The van der Waals surface area contributed by atoms with Gasteiger partial charge in [0.25, 0.3) is 0 Å². The first-order valence-electron chi connectivity index (χ1n) is 3.09. The first-order valence-corrected chi connectivity index (χ1v) is 3.47. The molecule has 11 heavy (non-hydrogen) atoms. The number of hydrogen-bond donors (Lipinski definition) is 1. The number of aromatic amines is 1. The minimum Gasteiger partial charge on any atom is -0.346 e. The number of aromatic nitrogens is 1. The number of fused-ring (bicyclic) bond motifs is 1. The van der Waals surface area contributed by atoms with E-state index in [0.717, 1.165) is 10.9 Å². The highest BCUT2D eigenvalue weighted by atomic mass is 35.5. The maximum Gasteiger partial charge on any atom is 0.107 e. The topological polar surface area (TPSA) is 15.8 Å². The van der Waals surface area contributed by atoms with Crippen molar-refractivity contribution in [2.75, 3.05) is 0 Å². The summed E-state index contributed by atoms with van der Waals surface area (Å²) in [7, 11) is 0. The number of nitrogens with one attached hydrogen (secondary N) is 1. The zero-order chi connectivity index (χ0) is 6.97. The molecule has 0 spiro atoms. The van der Waals surface area contributed by atoms with Crippen LogP contribution in [-0.4, -0.2) is 4.98 Å². The molecule has 2 aromatic rings. The van der Waals surface area contributed by atoms with Crippen LogP contribution in [0.2, 0.25) is 5.15 Å². The Balaban J connectivity index is 0.000000605. The molecule has 0 amide bonds. The van der Waals surface area contributed by atoms with Crippen LogP contribution in [0.5, 0.6) is 0 Å². The Labute approximate surface area is 71.0 Å². The zero-order valence-electron chi connectivity index (χ0n) is 5.26. The van der Waals surface area contributed by atoms with Crippen molar-refractivity contribution in [3.8, 4) is 0 Å². The number of hydrogen-bond acceptors (Lipinski definition) is 0. The predicted molar refractivity (Wildman–Crippen MR) is 50.0 cm³/mol. The number of H-pyrrole nitrogens is 1. The molecule has 1 aromatic carbocycles. The Bertz CT molecular complexity index is 318. The molecule has 2 rings (SSSR count). The molecule has 0 aliphatic heterocycles. The van der Waals surface area contributed by atoms with Gasteiger partial charge in [-0.1, -0.05) is 37.2 Å². The van der Waals surface area contributed by atoms with Gasteiger partial charge in [-0.3, -0.25) is 0 Å². The van der Waals surface area contributed by atoms with Crippen molar-refractivity contribution < 1.29 is 0 Å². The van der Waals surface area contributed by atoms with Gasteiger partial charge in [0.15, 0.2) is 0 Å². The Morgan fingerprint density at radius 2 is 1.91 bits per heavy atom. The first kappa shape index (κ1) is 8.15. The summed E-state index contributed by atoms with van der Waals surface area (Å²) in [5, 5.41) is 1.86. The van der Waals surface area contributed by atoms with Crippen molar-refractivity contribution >= 4 is 22.5 Å². The summed E-state index contributed by atoms with van der Waals surface area (Å²) in [5.41, 5.74) is 1.09. The second-order valence-electron chi connectivity index (χ2n) is 2.20. The monoisotopic (exact) mass is 167 g/mol. The molecule has 0 saturated heterocycles. The largest absolute Gasteiger partial charge is 0.346 e. The number of para-hydroxylation sites is 1. The lowest BCUT2D eigenvalue weighted by molar-refractivity contribution is 1.48. The summed E-state index contributed by atoms with van der Waals surface area (Å²) in [4.78, 5) is 3.02. The molecule has 0 fully saturated rings. The van der Waals surface area contributed by atoms with Gasteiger partial charge >= 0.3 is 0 Å². The summed E-state index contributed by atoms with van der Waals surface area (Å²) < 4.78 is 0. The fourth-order valence-electron chi connectivity index (χ4n) is 1.04. The van der Waals surface area contributed by atoms with Crippen molar-refractivity contribution in [3.63, 3.8) is 0 Å². The van der Waals surface area contributed by atoms with E-state index in [2.05, 4.69) is 4.98 Å². The molecule has 0 radical (unpaired) electrons. The van der Waals surface area contributed by atoms with Gasteiger partial charge in [0.1, 0.15) is 5.15 Å². The molecule has 0 aliphatic carbocycles. The normalized spacial score (nSPS) is 9.55. The number of benzene rings is 1. The number of rotatable bonds is 0. The van der Waals surface area contributed by atoms with Crippen LogP contribution < -0.4 is 0 Å². The quantitative estimate of drug-likeness (QED) is 0.619. The molecule has 0 atom stereocenters. The molecule has 58 valence electrons. The van der Waals surface area contributed by atoms with E-state index in [1.165, 1.54) is 0 Å². The summed E-state index contributed by atoms with van der Waals surface area (Å²) in [6.45, 7) is 0. The molecule has 1 aromatic heterocycles. The second kappa shape index (κ2) is 2.97. The van der Waals surface area contributed by atoms with Crippen LogP contribution in [0.1, 0.15) is 7.43 Å². The molecule has 1 nitrogen and oxygen atoms in total. The van der Waals surface area contributed by atoms with E-state index in [9.17, 15) is 0 Å². The lowest BCUT2D eigenvalue weighted by Crippen LogP contribution is -1.62. The van der Waals surface area contributed by atoms with Crippen LogP contribution >= 0.6 is 11.6 Å². The van der Waals surface area contributed by atoms with Crippen molar-refractivity contribution in [1.82, 2.24) is 4.98 Å². The Morgan fingerprint density at radius 3 is 2.64 bits per heavy atom. The second-order valence-corrected chi connectivity index (χ2v) is 2.61. The Kier molecular flexibility index (Phi) is 2.20. The van der Waals surface area contributed by atoms with E-state index in [-0.39, 0.29) is 7.43 Å². The third kappa shape index (κ3) is 1.38. The lowest BCUT2D eigenvalue weighted by atomic mass is 10.3. The SMILES string of the molecule is C.Clc1cc2ccccc2[nH]1. The highest BCUT2D eigenvalue weighted by Crippen LogP contribution is 2.17. The maximum absolute atomic E-state index is 5.73. The fraction of sp³-hybridized carbons (Fsp3) is 0.111. The van der Waals surface area contributed by atoms with Crippen molar-refractivity contribution in [2.24, 2.45) is 0 Å². The van der Waals surface area contributed by atoms with E-state index >= 15 is 0 Å². The summed E-state index contributed by atoms with van der Waals surface area (Å²) in [6, 6.07) is 9.91. The Hall–Kier alpha value is -0.950. The maximum atomic E-state index is 5.73. The number of halogens is 1. The van der Waals surface area contributed by atoms with Crippen LogP contribution in [0.25, 0.3) is 10.9 Å². The summed E-state index contributed by atoms with van der Waals surface area (Å²) in [6.07, 6.45) is 0. The van der Waals surface area contributed by atoms with Gasteiger partial charge in [0.2, 0.25) is 0 Å². The average Bonchev–Trinajstić information content (AvgIpc) is 2.27. The van der Waals surface area contributed by atoms with Crippen LogP contribution in [0.15, 0.2) is 30.3 Å². The van der Waals surface area contributed by atoms with Gasteiger partial charge in [0.05, 0.1) is 0 Å². The van der Waals surface area contributed by atoms with Crippen LogP contribution in [-0.2, 0) is 0 Å². The van der Waals surface area contributed by atoms with Crippen molar-refractivity contribution in [1.29, 1.82) is 0 Å². The minimum atomic E-state index is 0. The highest BCUT2D eigenvalue weighted by molar-refractivity contribution is 6.30. The van der Waals surface area contributed by atoms with E-state index in [0.29, 0.717) is 5.15 Å². The first-order chi connectivity index (χ1) is 4.86. The van der Waals surface area contributed by atoms with E-state index in [1.807, 2.05) is 30.3 Å². The standard InChI is InChI=1S/C8H6ClN.CH4/c9-8-5-6-3-1-2-4-7(6)10-8;/h1-5,10H;1H4. The smallest absolute Gasteiger partial charge is 0.107 e. The molecule has 0 unspecified atom stereocenters. The third-order valence-electron chi connectivity index (χ3n) is 1.50. The van der Waals surface area contributed by atoms with Gasteiger partial charge in [-0.2, -0.15) is 0 Å². The van der Waals surface area contributed by atoms with E-state index in [1.54, 1.807) is 0 Å². The Morgan fingerprint density at radius 1 is 1.18 bits per heavy atom. The van der Waals surface area contributed by atoms with Crippen LogP contribution in [0, 0.1) is 0 Å². The van der Waals surface area contributed by atoms with E-state index in [4.69, 9.17) is 11.6 Å². The van der Waals surface area contributed by atoms with E-state index < -0.39 is 0 Å². The summed E-state index contributed by atoms with van der Waals surface area (Å²) in [5.74, 6) is 0. The molecule has 0 bridgehead atoms. The van der Waals surface area contributed by atoms with Crippen molar-refractivity contribution in [3.05, 3.63) is 35.5 Å². The van der Waals surface area contributed by atoms with Crippen molar-refractivity contribution in [2.45, 2.75) is 7.43 Å². The highest BCUT2D eigenvalue weighted by Gasteiger charge is 1.93. The minimum absolute atomic E-state index is 0. The van der Waals surface area contributed by atoms with Crippen LogP contribution in [0.4, 0.5) is 0 Å².